The molecule has 9 heteroatoms. The van der Waals surface area contributed by atoms with E-state index >= 15 is 0 Å². The predicted molar refractivity (Wildman–Crippen MR) is 78.6 cm³/mol. The molecule has 0 radical (unpaired) electrons. The molecule has 0 fully saturated rings. The zero-order valence-corrected chi connectivity index (χ0v) is 11.8. The molecule has 0 bridgehead atoms. The van der Waals surface area contributed by atoms with E-state index in [4.69, 9.17) is 0 Å². The van der Waals surface area contributed by atoms with Gasteiger partial charge in [0.15, 0.2) is 0 Å². The summed E-state index contributed by atoms with van der Waals surface area (Å²) in [6, 6.07) is 7.26. The fourth-order valence-electron chi connectivity index (χ4n) is 2.30. The number of para-hydroxylation sites is 2. The number of hydrogen-bond acceptors (Lipinski definition) is 5. The highest BCUT2D eigenvalue weighted by Crippen LogP contribution is 2.23. The summed E-state index contributed by atoms with van der Waals surface area (Å²) >= 11 is 0. The van der Waals surface area contributed by atoms with E-state index in [1.54, 1.807) is 6.07 Å². The molecule has 0 aliphatic carbocycles. The van der Waals surface area contributed by atoms with Gasteiger partial charge in [0.05, 0.1) is 16.0 Å². The van der Waals surface area contributed by atoms with Gasteiger partial charge in [-0.05, 0) is 19.1 Å². The molecule has 0 saturated heterocycles. The monoisotopic (exact) mass is 300 g/mol. The SMILES string of the molecule is Cc1nn(C)c(C(=O)Nc2nc3ccccc3[nH]2)c1[N+](=O)[O-]. The van der Waals surface area contributed by atoms with Crippen LogP contribution in [0.2, 0.25) is 0 Å². The molecule has 0 atom stereocenters. The van der Waals surface area contributed by atoms with Crippen molar-refractivity contribution in [2.45, 2.75) is 6.92 Å². The maximum Gasteiger partial charge on any atom is 0.322 e. The van der Waals surface area contributed by atoms with E-state index in [0.717, 1.165) is 5.52 Å². The molecule has 22 heavy (non-hydrogen) atoms. The minimum absolute atomic E-state index is 0.122. The smallest absolute Gasteiger partial charge is 0.322 e. The minimum atomic E-state index is -0.645. The summed E-state index contributed by atoms with van der Waals surface area (Å²) in [4.78, 5) is 29.9. The Morgan fingerprint density at radius 1 is 1.41 bits per heavy atom. The van der Waals surface area contributed by atoms with Crippen LogP contribution in [-0.4, -0.2) is 30.6 Å². The number of nitro groups is 1. The van der Waals surface area contributed by atoms with Crippen molar-refractivity contribution < 1.29 is 9.72 Å². The average molecular weight is 300 g/mol. The molecule has 1 aromatic carbocycles. The Balaban J connectivity index is 1.96. The number of benzene rings is 1. The summed E-state index contributed by atoms with van der Waals surface area (Å²) < 4.78 is 1.19. The second-order valence-corrected chi connectivity index (χ2v) is 4.72. The molecular formula is C13H12N6O3. The maximum atomic E-state index is 12.3. The van der Waals surface area contributed by atoms with E-state index in [2.05, 4.69) is 20.4 Å². The van der Waals surface area contributed by atoms with Crippen molar-refractivity contribution in [3.63, 3.8) is 0 Å². The lowest BCUT2D eigenvalue weighted by molar-refractivity contribution is -0.385. The lowest BCUT2D eigenvalue weighted by Gasteiger charge is -2.01. The molecule has 3 rings (SSSR count). The summed E-state index contributed by atoms with van der Waals surface area (Å²) in [6.07, 6.45) is 0. The molecule has 0 saturated carbocycles. The number of rotatable bonds is 3. The molecule has 1 amide bonds. The van der Waals surface area contributed by atoms with Crippen molar-refractivity contribution in [3.05, 3.63) is 45.8 Å². The van der Waals surface area contributed by atoms with Crippen LogP contribution >= 0.6 is 0 Å². The first-order valence-corrected chi connectivity index (χ1v) is 6.41. The van der Waals surface area contributed by atoms with Gasteiger partial charge >= 0.3 is 5.69 Å². The van der Waals surface area contributed by atoms with Crippen molar-refractivity contribution in [1.29, 1.82) is 0 Å². The summed E-state index contributed by atoms with van der Waals surface area (Å²) in [7, 11) is 1.48. The molecule has 2 heterocycles. The van der Waals surface area contributed by atoms with Gasteiger partial charge in [0.25, 0.3) is 5.91 Å². The van der Waals surface area contributed by atoms with Gasteiger partial charge in [0.2, 0.25) is 11.6 Å². The first kappa shape index (κ1) is 13.7. The number of aryl methyl sites for hydroxylation is 2. The molecule has 2 aromatic heterocycles. The van der Waals surface area contributed by atoms with Crippen LogP contribution in [0.3, 0.4) is 0 Å². The zero-order valence-electron chi connectivity index (χ0n) is 11.8. The standard InChI is InChI=1S/C13H12N6O3/c1-7-10(19(21)22)11(18(2)17-7)12(20)16-13-14-8-5-3-4-6-9(8)15-13/h3-6H,1-2H3,(H2,14,15,16,20). The lowest BCUT2D eigenvalue weighted by Crippen LogP contribution is -2.18. The number of aromatic amines is 1. The number of nitrogens with zero attached hydrogens (tertiary/aromatic N) is 4. The van der Waals surface area contributed by atoms with Crippen LogP contribution < -0.4 is 5.32 Å². The van der Waals surface area contributed by atoms with E-state index in [9.17, 15) is 14.9 Å². The Morgan fingerprint density at radius 3 is 2.82 bits per heavy atom. The summed E-state index contributed by atoms with van der Waals surface area (Å²) in [6.45, 7) is 1.48. The quantitative estimate of drug-likeness (QED) is 0.564. The third kappa shape index (κ3) is 2.18. The number of fused-ring (bicyclic) bond motifs is 1. The molecule has 0 unspecified atom stereocenters. The van der Waals surface area contributed by atoms with Gasteiger partial charge < -0.3 is 4.98 Å². The number of nitrogens with one attached hydrogen (secondary N) is 2. The third-order valence-electron chi connectivity index (χ3n) is 3.21. The normalized spacial score (nSPS) is 10.8. The molecule has 0 aliphatic heterocycles. The number of imidazole rings is 1. The number of carbonyl (C=O) groups excluding carboxylic acids is 1. The van der Waals surface area contributed by atoms with Gasteiger partial charge in [-0.3, -0.25) is 24.9 Å². The number of anilines is 1. The van der Waals surface area contributed by atoms with Crippen molar-refractivity contribution in [2.24, 2.45) is 7.05 Å². The predicted octanol–water partition coefficient (Wildman–Crippen LogP) is 1.77. The molecule has 2 N–H and O–H groups in total. The molecule has 3 aromatic rings. The van der Waals surface area contributed by atoms with Gasteiger partial charge in [-0.25, -0.2) is 4.98 Å². The van der Waals surface area contributed by atoms with E-state index < -0.39 is 10.8 Å². The van der Waals surface area contributed by atoms with Crippen LogP contribution in [0.25, 0.3) is 11.0 Å². The maximum absolute atomic E-state index is 12.3. The van der Waals surface area contributed by atoms with Crippen LogP contribution in [0.15, 0.2) is 24.3 Å². The average Bonchev–Trinajstić information content (AvgIpc) is 2.98. The molecule has 0 aliphatic rings. The van der Waals surface area contributed by atoms with E-state index in [1.807, 2.05) is 18.2 Å². The summed E-state index contributed by atoms with van der Waals surface area (Å²) in [5.41, 5.74) is 1.20. The van der Waals surface area contributed by atoms with E-state index in [1.165, 1.54) is 18.7 Å². The molecule has 9 nitrogen and oxygen atoms in total. The van der Waals surface area contributed by atoms with Gasteiger partial charge in [-0.1, -0.05) is 12.1 Å². The number of carbonyl (C=O) groups is 1. The van der Waals surface area contributed by atoms with Gasteiger partial charge in [-0.2, -0.15) is 5.10 Å². The Kier molecular flexibility index (Phi) is 3.09. The zero-order chi connectivity index (χ0) is 15.9. The number of H-pyrrole nitrogens is 1. The van der Waals surface area contributed by atoms with Crippen molar-refractivity contribution >= 4 is 28.6 Å². The Bertz CT molecular complexity index is 861. The van der Waals surface area contributed by atoms with Gasteiger partial charge in [0, 0.05) is 7.05 Å². The summed E-state index contributed by atoms with van der Waals surface area (Å²) in [5, 5.41) is 17.5. The minimum Gasteiger partial charge on any atom is -0.324 e. The lowest BCUT2D eigenvalue weighted by atomic mass is 10.3. The Morgan fingerprint density at radius 2 is 2.14 bits per heavy atom. The number of aromatic nitrogens is 4. The van der Waals surface area contributed by atoms with Crippen molar-refractivity contribution in [3.8, 4) is 0 Å². The van der Waals surface area contributed by atoms with Gasteiger partial charge in [-0.15, -0.1) is 0 Å². The fourth-order valence-corrected chi connectivity index (χ4v) is 2.30. The molecule has 0 spiro atoms. The summed E-state index contributed by atoms with van der Waals surface area (Å²) in [5.74, 6) is -0.423. The Labute approximate surface area is 124 Å². The van der Waals surface area contributed by atoms with E-state index in [-0.39, 0.29) is 23.0 Å². The van der Waals surface area contributed by atoms with Crippen LogP contribution in [0.1, 0.15) is 16.2 Å². The van der Waals surface area contributed by atoms with Crippen molar-refractivity contribution in [2.75, 3.05) is 5.32 Å². The second-order valence-electron chi connectivity index (χ2n) is 4.72. The van der Waals surface area contributed by atoms with Gasteiger partial charge in [0.1, 0.15) is 5.69 Å². The largest absolute Gasteiger partial charge is 0.324 e. The molecular weight excluding hydrogens is 288 g/mol. The molecule has 112 valence electrons. The topological polar surface area (TPSA) is 119 Å². The highest BCUT2D eigenvalue weighted by molar-refractivity contribution is 6.05. The number of hydrogen-bond donors (Lipinski definition) is 2. The van der Waals surface area contributed by atoms with Crippen LogP contribution in [0.5, 0.6) is 0 Å². The first-order chi connectivity index (χ1) is 10.5. The highest BCUT2D eigenvalue weighted by Gasteiger charge is 2.29. The third-order valence-corrected chi connectivity index (χ3v) is 3.21. The Hall–Kier alpha value is -3.23. The fraction of sp³-hybridized carbons (Fsp3) is 0.154. The number of amides is 1. The second kappa shape index (κ2) is 4.95. The van der Waals surface area contributed by atoms with E-state index in [0.29, 0.717) is 5.52 Å². The van der Waals surface area contributed by atoms with Crippen LogP contribution in [-0.2, 0) is 7.05 Å². The highest BCUT2D eigenvalue weighted by atomic mass is 16.6. The van der Waals surface area contributed by atoms with Crippen molar-refractivity contribution in [1.82, 2.24) is 19.7 Å². The van der Waals surface area contributed by atoms with Crippen LogP contribution in [0, 0.1) is 17.0 Å². The first-order valence-electron chi connectivity index (χ1n) is 6.41. The van der Waals surface area contributed by atoms with Crippen LogP contribution in [0.4, 0.5) is 11.6 Å².